The van der Waals surface area contributed by atoms with Crippen molar-refractivity contribution in [3.63, 3.8) is 0 Å². The van der Waals surface area contributed by atoms with Gasteiger partial charge in [-0.25, -0.2) is 0 Å². The van der Waals surface area contributed by atoms with Crippen molar-refractivity contribution in [3.8, 4) is 5.75 Å². The molecule has 2 aromatic rings. The van der Waals surface area contributed by atoms with Crippen LogP contribution >= 0.6 is 11.3 Å². The Kier molecular flexibility index (Phi) is 4.08. The summed E-state index contributed by atoms with van der Waals surface area (Å²) in [6.45, 7) is 3.12. The van der Waals surface area contributed by atoms with Crippen molar-refractivity contribution in [3.05, 3.63) is 51.2 Å². The summed E-state index contributed by atoms with van der Waals surface area (Å²) in [5.41, 5.74) is 2.85. The zero-order valence-corrected chi connectivity index (χ0v) is 12.9. The highest BCUT2D eigenvalue weighted by Gasteiger charge is 2.21. The molecule has 0 spiro atoms. The lowest BCUT2D eigenvalue weighted by atomic mass is 10.0. The first-order valence-corrected chi connectivity index (χ1v) is 8.12. The van der Waals surface area contributed by atoms with Crippen LogP contribution in [0, 0.1) is 0 Å². The molecule has 1 aromatic heterocycles. The Hall–Kier alpha value is -1.32. The molecule has 1 unspecified atom stereocenters. The summed E-state index contributed by atoms with van der Waals surface area (Å²) in [5.74, 6) is 0.925. The Labute approximate surface area is 124 Å². The highest BCUT2D eigenvalue weighted by Crippen LogP contribution is 2.36. The minimum Gasteiger partial charge on any atom is -0.497 e. The molecule has 0 amide bonds. The second kappa shape index (κ2) is 5.98. The Morgan fingerprint density at radius 3 is 2.95 bits per heavy atom. The van der Waals surface area contributed by atoms with Crippen molar-refractivity contribution in [1.82, 2.24) is 5.32 Å². The van der Waals surface area contributed by atoms with Crippen molar-refractivity contribution < 1.29 is 4.74 Å². The van der Waals surface area contributed by atoms with Gasteiger partial charge in [0, 0.05) is 9.75 Å². The third kappa shape index (κ3) is 2.60. The minimum absolute atomic E-state index is 0.283. The SMILES string of the molecule is CCNC(c1cccc(OC)c1)c1cc2c(s1)CCC2. The number of hydrogen-bond acceptors (Lipinski definition) is 3. The topological polar surface area (TPSA) is 21.3 Å². The first-order chi connectivity index (χ1) is 9.81. The molecule has 1 N–H and O–H groups in total. The van der Waals surface area contributed by atoms with Crippen LogP contribution in [0.3, 0.4) is 0 Å². The molecular formula is C17H21NOS. The van der Waals surface area contributed by atoms with Crippen LogP contribution in [0.1, 0.15) is 40.3 Å². The summed E-state index contributed by atoms with van der Waals surface area (Å²) in [7, 11) is 1.72. The van der Waals surface area contributed by atoms with Crippen LogP contribution in [-0.4, -0.2) is 13.7 Å². The van der Waals surface area contributed by atoms with Crippen molar-refractivity contribution >= 4 is 11.3 Å². The van der Waals surface area contributed by atoms with Crippen LogP contribution < -0.4 is 10.1 Å². The molecule has 1 aliphatic carbocycles. The van der Waals surface area contributed by atoms with E-state index in [0.29, 0.717) is 0 Å². The quantitative estimate of drug-likeness (QED) is 0.899. The van der Waals surface area contributed by atoms with E-state index >= 15 is 0 Å². The van der Waals surface area contributed by atoms with E-state index in [9.17, 15) is 0 Å². The van der Waals surface area contributed by atoms with E-state index in [-0.39, 0.29) is 6.04 Å². The van der Waals surface area contributed by atoms with Gasteiger partial charge in [-0.3, -0.25) is 0 Å². The predicted octanol–water partition coefficient (Wildman–Crippen LogP) is 3.94. The van der Waals surface area contributed by atoms with Gasteiger partial charge in [0.2, 0.25) is 0 Å². The van der Waals surface area contributed by atoms with Crippen molar-refractivity contribution in [1.29, 1.82) is 0 Å². The molecule has 0 saturated heterocycles. The average molecular weight is 287 g/mol. The molecular weight excluding hydrogens is 266 g/mol. The van der Waals surface area contributed by atoms with E-state index < -0.39 is 0 Å². The Bertz CT molecular complexity index is 569. The first kappa shape index (κ1) is 13.7. The van der Waals surface area contributed by atoms with Crippen LogP contribution in [0.5, 0.6) is 5.75 Å². The fourth-order valence-corrected chi connectivity index (χ4v) is 4.26. The summed E-state index contributed by atoms with van der Waals surface area (Å²) in [4.78, 5) is 3.02. The molecule has 3 rings (SSSR count). The number of rotatable bonds is 5. The van der Waals surface area contributed by atoms with Gasteiger partial charge in [-0.2, -0.15) is 0 Å². The van der Waals surface area contributed by atoms with Gasteiger partial charge in [0.05, 0.1) is 13.2 Å². The zero-order valence-electron chi connectivity index (χ0n) is 12.1. The van der Waals surface area contributed by atoms with E-state index in [1.807, 2.05) is 17.4 Å². The molecule has 20 heavy (non-hydrogen) atoms. The van der Waals surface area contributed by atoms with Gasteiger partial charge in [-0.1, -0.05) is 19.1 Å². The van der Waals surface area contributed by atoms with Gasteiger partial charge in [0.15, 0.2) is 0 Å². The molecule has 1 heterocycles. The maximum Gasteiger partial charge on any atom is 0.119 e. The lowest BCUT2D eigenvalue weighted by Crippen LogP contribution is -2.21. The molecule has 0 bridgehead atoms. The summed E-state index contributed by atoms with van der Waals surface area (Å²) < 4.78 is 5.36. The summed E-state index contributed by atoms with van der Waals surface area (Å²) >= 11 is 1.98. The predicted molar refractivity (Wildman–Crippen MR) is 84.9 cm³/mol. The number of benzene rings is 1. The molecule has 0 saturated carbocycles. The number of fused-ring (bicyclic) bond motifs is 1. The maximum atomic E-state index is 5.36. The molecule has 2 nitrogen and oxygen atoms in total. The largest absolute Gasteiger partial charge is 0.497 e. The van der Waals surface area contributed by atoms with Gasteiger partial charge < -0.3 is 10.1 Å². The fraction of sp³-hybridized carbons (Fsp3) is 0.412. The second-order valence-electron chi connectivity index (χ2n) is 5.22. The number of methoxy groups -OCH3 is 1. The second-order valence-corrected chi connectivity index (χ2v) is 6.39. The molecule has 1 aliphatic rings. The maximum absolute atomic E-state index is 5.36. The van der Waals surface area contributed by atoms with Crippen LogP contribution in [-0.2, 0) is 12.8 Å². The lowest BCUT2D eigenvalue weighted by Gasteiger charge is -2.18. The first-order valence-electron chi connectivity index (χ1n) is 7.30. The number of ether oxygens (including phenoxy) is 1. The van der Waals surface area contributed by atoms with Crippen LogP contribution in [0.25, 0.3) is 0 Å². The van der Waals surface area contributed by atoms with E-state index in [2.05, 4.69) is 36.5 Å². The Balaban J connectivity index is 1.94. The summed E-state index contributed by atoms with van der Waals surface area (Å²) in [6.07, 6.45) is 3.84. The number of nitrogens with one attached hydrogen (secondary N) is 1. The van der Waals surface area contributed by atoms with E-state index in [4.69, 9.17) is 4.74 Å². The van der Waals surface area contributed by atoms with Gasteiger partial charge in [-0.05, 0) is 55.1 Å². The third-order valence-corrected chi connectivity index (χ3v) is 5.19. The van der Waals surface area contributed by atoms with Gasteiger partial charge in [-0.15, -0.1) is 11.3 Å². The summed E-state index contributed by atoms with van der Waals surface area (Å²) in [5, 5.41) is 3.61. The van der Waals surface area contributed by atoms with Crippen LogP contribution in [0.4, 0.5) is 0 Å². The normalized spacial score (nSPS) is 15.1. The molecule has 1 aromatic carbocycles. The molecule has 0 fully saturated rings. The van der Waals surface area contributed by atoms with Crippen molar-refractivity contribution in [2.45, 2.75) is 32.2 Å². The number of thiophene rings is 1. The molecule has 106 valence electrons. The Morgan fingerprint density at radius 1 is 1.30 bits per heavy atom. The third-order valence-electron chi connectivity index (χ3n) is 3.89. The van der Waals surface area contributed by atoms with Crippen molar-refractivity contribution in [2.24, 2.45) is 0 Å². The van der Waals surface area contributed by atoms with E-state index in [1.54, 1.807) is 17.6 Å². The monoisotopic (exact) mass is 287 g/mol. The molecule has 1 atom stereocenters. The van der Waals surface area contributed by atoms with Crippen LogP contribution in [0.15, 0.2) is 30.3 Å². The highest BCUT2D eigenvalue weighted by molar-refractivity contribution is 7.12. The molecule has 3 heteroatoms. The van der Waals surface area contributed by atoms with Gasteiger partial charge in [0.1, 0.15) is 5.75 Å². The molecule has 0 radical (unpaired) electrons. The van der Waals surface area contributed by atoms with Crippen LogP contribution in [0.2, 0.25) is 0 Å². The average Bonchev–Trinajstić information content (AvgIpc) is 3.06. The minimum atomic E-state index is 0.283. The molecule has 0 aliphatic heterocycles. The Morgan fingerprint density at radius 2 is 2.20 bits per heavy atom. The van der Waals surface area contributed by atoms with Gasteiger partial charge >= 0.3 is 0 Å². The highest BCUT2D eigenvalue weighted by atomic mass is 32.1. The number of hydrogen-bond donors (Lipinski definition) is 1. The number of aryl methyl sites for hydroxylation is 2. The zero-order chi connectivity index (χ0) is 13.9. The summed E-state index contributed by atoms with van der Waals surface area (Å²) in [6, 6.07) is 11.1. The van der Waals surface area contributed by atoms with E-state index in [0.717, 1.165) is 12.3 Å². The lowest BCUT2D eigenvalue weighted by molar-refractivity contribution is 0.413. The standard InChI is InChI=1S/C17H21NOS/c1-3-18-17(13-7-4-8-14(10-13)19-2)16-11-12-6-5-9-15(12)20-16/h4,7-8,10-11,17-18H,3,5-6,9H2,1-2H3. The fourth-order valence-electron chi connectivity index (χ4n) is 2.90. The van der Waals surface area contributed by atoms with E-state index in [1.165, 1.54) is 29.7 Å². The van der Waals surface area contributed by atoms with Gasteiger partial charge in [0.25, 0.3) is 0 Å². The van der Waals surface area contributed by atoms with Crippen molar-refractivity contribution in [2.75, 3.05) is 13.7 Å². The smallest absolute Gasteiger partial charge is 0.119 e.